The van der Waals surface area contributed by atoms with Gasteiger partial charge < -0.3 is 4.74 Å². The number of rotatable bonds is 5. The van der Waals surface area contributed by atoms with Crippen LogP contribution >= 0.6 is 0 Å². The molecule has 2 rings (SSSR count). The van der Waals surface area contributed by atoms with Gasteiger partial charge in [0.1, 0.15) is 5.75 Å². The van der Waals surface area contributed by atoms with E-state index >= 15 is 0 Å². The average Bonchev–Trinajstić information content (AvgIpc) is 2.48. The summed E-state index contributed by atoms with van der Waals surface area (Å²) in [5.41, 5.74) is 2.37. The Morgan fingerprint density at radius 2 is 1.89 bits per heavy atom. The highest BCUT2D eigenvalue weighted by molar-refractivity contribution is 5.27. The van der Waals surface area contributed by atoms with E-state index in [0.717, 1.165) is 18.0 Å². The van der Waals surface area contributed by atoms with Crippen LogP contribution in [0.1, 0.15) is 24.2 Å². The van der Waals surface area contributed by atoms with Crippen molar-refractivity contribution >= 4 is 0 Å². The maximum absolute atomic E-state index is 5.17. The van der Waals surface area contributed by atoms with Gasteiger partial charge in [-0.15, -0.1) is 0 Å². The molecule has 0 amide bonds. The first kappa shape index (κ1) is 13.6. The van der Waals surface area contributed by atoms with E-state index in [1.807, 2.05) is 30.5 Å². The lowest BCUT2D eigenvalue weighted by molar-refractivity contribution is 0.248. The van der Waals surface area contributed by atoms with Gasteiger partial charge in [-0.2, -0.15) is 0 Å². The molecule has 0 spiro atoms. The Morgan fingerprint density at radius 3 is 2.47 bits per heavy atom. The van der Waals surface area contributed by atoms with Gasteiger partial charge in [0, 0.05) is 18.8 Å². The lowest BCUT2D eigenvalue weighted by Crippen LogP contribution is -2.22. The lowest BCUT2D eigenvalue weighted by Gasteiger charge is -2.24. The fraction of sp³-hybridized carbons (Fsp3) is 0.312. The van der Waals surface area contributed by atoms with Gasteiger partial charge in [0.2, 0.25) is 0 Å². The predicted octanol–water partition coefficient (Wildman–Crippen LogP) is 3.28. The minimum absolute atomic E-state index is 0.295. The minimum Gasteiger partial charge on any atom is -0.497 e. The summed E-state index contributed by atoms with van der Waals surface area (Å²) in [5, 5.41) is 0. The Bertz CT molecular complexity index is 496. The topological polar surface area (TPSA) is 25.4 Å². The Morgan fingerprint density at radius 1 is 1.16 bits per heavy atom. The number of methoxy groups -OCH3 is 1. The Balaban J connectivity index is 2.01. The van der Waals surface area contributed by atoms with E-state index in [1.54, 1.807) is 7.11 Å². The SMILES string of the molecule is COc1ccc(CN(C)[C@@H](C)c2ccccn2)cc1. The highest BCUT2D eigenvalue weighted by atomic mass is 16.5. The predicted molar refractivity (Wildman–Crippen MR) is 77.1 cm³/mol. The van der Waals surface area contributed by atoms with Crippen molar-refractivity contribution in [2.24, 2.45) is 0 Å². The first-order chi connectivity index (χ1) is 9.20. The summed E-state index contributed by atoms with van der Waals surface area (Å²) in [6, 6.07) is 14.5. The molecule has 1 aromatic heterocycles. The van der Waals surface area contributed by atoms with Gasteiger partial charge in [-0.3, -0.25) is 9.88 Å². The summed E-state index contributed by atoms with van der Waals surface area (Å²) in [4.78, 5) is 6.69. The molecule has 0 radical (unpaired) electrons. The van der Waals surface area contributed by atoms with Gasteiger partial charge in [0.05, 0.1) is 12.8 Å². The van der Waals surface area contributed by atoms with Crippen LogP contribution in [-0.4, -0.2) is 24.0 Å². The molecule has 3 heteroatoms. The molecule has 0 aliphatic heterocycles. The molecule has 19 heavy (non-hydrogen) atoms. The summed E-state index contributed by atoms with van der Waals surface area (Å²) in [5.74, 6) is 0.893. The second kappa shape index (κ2) is 6.34. The molecule has 0 saturated heterocycles. The Labute approximate surface area is 114 Å². The standard InChI is InChI=1S/C16H20N2O/c1-13(16-6-4-5-11-17-16)18(2)12-14-7-9-15(19-3)10-8-14/h4-11,13H,12H2,1-3H3/t13-/m0/s1. The zero-order chi connectivity index (χ0) is 13.7. The van der Waals surface area contributed by atoms with Crippen LogP contribution in [-0.2, 0) is 6.54 Å². The zero-order valence-electron chi connectivity index (χ0n) is 11.7. The highest BCUT2D eigenvalue weighted by Gasteiger charge is 2.12. The van der Waals surface area contributed by atoms with Crippen LogP contribution in [0.25, 0.3) is 0 Å². The van der Waals surface area contributed by atoms with Crippen LogP contribution in [0.2, 0.25) is 0 Å². The van der Waals surface area contributed by atoms with Crippen molar-refractivity contribution in [3.63, 3.8) is 0 Å². The van der Waals surface area contributed by atoms with E-state index in [9.17, 15) is 0 Å². The van der Waals surface area contributed by atoms with Crippen molar-refractivity contribution in [3.8, 4) is 5.75 Å². The summed E-state index contributed by atoms with van der Waals surface area (Å²) >= 11 is 0. The van der Waals surface area contributed by atoms with Gasteiger partial charge in [0.25, 0.3) is 0 Å². The van der Waals surface area contributed by atoms with Crippen LogP contribution in [0.4, 0.5) is 0 Å². The largest absolute Gasteiger partial charge is 0.497 e. The Kier molecular flexibility index (Phi) is 4.53. The molecule has 1 heterocycles. The Hall–Kier alpha value is -1.87. The highest BCUT2D eigenvalue weighted by Crippen LogP contribution is 2.19. The molecule has 0 bridgehead atoms. The van der Waals surface area contributed by atoms with Crippen LogP contribution in [0.5, 0.6) is 5.75 Å². The van der Waals surface area contributed by atoms with E-state index in [2.05, 4.69) is 42.1 Å². The van der Waals surface area contributed by atoms with Crippen molar-refractivity contribution in [2.75, 3.05) is 14.2 Å². The maximum atomic E-state index is 5.17. The first-order valence-corrected chi connectivity index (χ1v) is 6.45. The molecule has 0 aliphatic rings. The van der Waals surface area contributed by atoms with Crippen molar-refractivity contribution in [1.29, 1.82) is 0 Å². The summed E-state index contributed by atoms with van der Waals surface area (Å²) < 4.78 is 5.17. The number of hydrogen-bond donors (Lipinski definition) is 0. The number of hydrogen-bond acceptors (Lipinski definition) is 3. The van der Waals surface area contributed by atoms with Crippen LogP contribution in [0.15, 0.2) is 48.7 Å². The normalized spacial score (nSPS) is 12.4. The quantitative estimate of drug-likeness (QED) is 0.821. The maximum Gasteiger partial charge on any atom is 0.118 e. The fourth-order valence-electron chi connectivity index (χ4n) is 2.00. The third-order valence-electron chi connectivity index (χ3n) is 3.37. The number of aromatic nitrogens is 1. The van der Waals surface area contributed by atoms with Crippen molar-refractivity contribution < 1.29 is 4.74 Å². The molecule has 1 aromatic carbocycles. The molecule has 0 aliphatic carbocycles. The molecule has 2 aromatic rings. The molecule has 0 saturated carbocycles. The van der Waals surface area contributed by atoms with E-state index in [0.29, 0.717) is 6.04 Å². The fourth-order valence-corrected chi connectivity index (χ4v) is 2.00. The van der Waals surface area contributed by atoms with Crippen molar-refractivity contribution in [3.05, 3.63) is 59.9 Å². The summed E-state index contributed by atoms with van der Waals surface area (Å²) in [6.07, 6.45) is 1.84. The second-order valence-electron chi connectivity index (χ2n) is 4.69. The number of nitrogens with zero attached hydrogens (tertiary/aromatic N) is 2. The molecular weight excluding hydrogens is 236 g/mol. The number of pyridine rings is 1. The second-order valence-corrected chi connectivity index (χ2v) is 4.69. The molecule has 0 fully saturated rings. The van der Waals surface area contributed by atoms with Gasteiger partial charge in [-0.05, 0) is 43.8 Å². The number of ether oxygens (including phenoxy) is 1. The smallest absolute Gasteiger partial charge is 0.118 e. The van der Waals surface area contributed by atoms with Gasteiger partial charge in [-0.1, -0.05) is 18.2 Å². The molecule has 0 unspecified atom stereocenters. The molecular formula is C16H20N2O. The van der Waals surface area contributed by atoms with Crippen LogP contribution < -0.4 is 4.74 Å². The number of benzene rings is 1. The van der Waals surface area contributed by atoms with E-state index in [-0.39, 0.29) is 0 Å². The van der Waals surface area contributed by atoms with Crippen molar-refractivity contribution in [1.82, 2.24) is 9.88 Å². The zero-order valence-corrected chi connectivity index (χ0v) is 11.7. The van der Waals surface area contributed by atoms with E-state index in [1.165, 1.54) is 5.56 Å². The molecule has 0 N–H and O–H groups in total. The summed E-state index contributed by atoms with van der Waals surface area (Å²) in [7, 11) is 3.80. The van der Waals surface area contributed by atoms with Gasteiger partial charge in [-0.25, -0.2) is 0 Å². The minimum atomic E-state index is 0.295. The van der Waals surface area contributed by atoms with Crippen LogP contribution in [0.3, 0.4) is 0 Å². The first-order valence-electron chi connectivity index (χ1n) is 6.45. The van der Waals surface area contributed by atoms with Gasteiger partial charge >= 0.3 is 0 Å². The lowest BCUT2D eigenvalue weighted by atomic mass is 10.1. The monoisotopic (exact) mass is 256 g/mol. The van der Waals surface area contributed by atoms with Gasteiger partial charge in [0.15, 0.2) is 0 Å². The third-order valence-corrected chi connectivity index (χ3v) is 3.37. The van der Waals surface area contributed by atoms with Crippen molar-refractivity contribution in [2.45, 2.75) is 19.5 Å². The molecule has 3 nitrogen and oxygen atoms in total. The summed E-state index contributed by atoms with van der Waals surface area (Å²) in [6.45, 7) is 3.06. The molecule has 100 valence electrons. The molecule has 1 atom stereocenters. The third kappa shape index (κ3) is 3.55. The van der Waals surface area contributed by atoms with Crippen LogP contribution in [0, 0.1) is 0 Å². The van der Waals surface area contributed by atoms with E-state index < -0.39 is 0 Å². The van der Waals surface area contributed by atoms with E-state index in [4.69, 9.17) is 4.74 Å². The average molecular weight is 256 g/mol.